The molecule has 0 spiro atoms. The Morgan fingerprint density at radius 3 is 3.20 bits per heavy atom. The molecular formula is C11H13NO3. The molecular weight excluding hydrogens is 194 g/mol. The Hall–Kier alpha value is -1.71. The van der Waals surface area contributed by atoms with Gasteiger partial charge < -0.3 is 15.2 Å². The molecule has 0 aromatic heterocycles. The van der Waals surface area contributed by atoms with Crippen molar-refractivity contribution in [1.29, 1.82) is 0 Å². The summed E-state index contributed by atoms with van der Waals surface area (Å²) in [5.41, 5.74) is 7.34. The molecule has 4 heteroatoms. The zero-order chi connectivity index (χ0) is 10.8. The van der Waals surface area contributed by atoms with E-state index in [0.717, 1.165) is 11.3 Å². The Labute approximate surface area is 88.0 Å². The molecule has 1 heterocycles. The lowest BCUT2D eigenvalue weighted by Gasteiger charge is -2.06. The van der Waals surface area contributed by atoms with Gasteiger partial charge in [0.05, 0.1) is 20.1 Å². The molecule has 0 aliphatic carbocycles. The number of hydrogen-bond acceptors (Lipinski definition) is 4. The monoisotopic (exact) mass is 207 g/mol. The standard InChI is InChI=1S/C11H13NO3/c1-14-11(13)4-7-6-15-10-5-8(12)2-3-9(7)10/h2-3,5,7H,4,6,12H2,1H3/t7-/m1/s1. The van der Waals surface area contributed by atoms with Gasteiger partial charge in [0.1, 0.15) is 5.75 Å². The van der Waals surface area contributed by atoms with E-state index in [2.05, 4.69) is 4.74 Å². The summed E-state index contributed by atoms with van der Waals surface area (Å²) in [6.07, 6.45) is 0.355. The van der Waals surface area contributed by atoms with Crippen molar-refractivity contribution in [2.45, 2.75) is 12.3 Å². The SMILES string of the molecule is COC(=O)C[C@@H]1COc2cc(N)ccc21. The topological polar surface area (TPSA) is 61.5 Å². The molecule has 0 unspecified atom stereocenters. The van der Waals surface area contributed by atoms with Crippen LogP contribution < -0.4 is 10.5 Å². The summed E-state index contributed by atoms with van der Waals surface area (Å²) < 4.78 is 10.1. The van der Waals surface area contributed by atoms with Gasteiger partial charge in [0.15, 0.2) is 0 Å². The lowest BCUT2D eigenvalue weighted by molar-refractivity contribution is -0.141. The van der Waals surface area contributed by atoms with Gasteiger partial charge in [-0.05, 0) is 6.07 Å². The van der Waals surface area contributed by atoms with Gasteiger partial charge >= 0.3 is 5.97 Å². The number of esters is 1. The van der Waals surface area contributed by atoms with Crippen LogP contribution in [-0.4, -0.2) is 19.7 Å². The molecule has 1 atom stereocenters. The van der Waals surface area contributed by atoms with Crippen molar-refractivity contribution >= 4 is 11.7 Å². The molecule has 1 aliphatic rings. The van der Waals surface area contributed by atoms with E-state index >= 15 is 0 Å². The summed E-state index contributed by atoms with van der Waals surface area (Å²) in [6, 6.07) is 5.51. The average Bonchev–Trinajstić information content (AvgIpc) is 2.60. The minimum atomic E-state index is -0.215. The van der Waals surface area contributed by atoms with Gasteiger partial charge in [-0.25, -0.2) is 0 Å². The first-order valence-corrected chi connectivity index (χ1v) is 4.79. The molecule has 2 rings (SSSR count). The van der Waals surface area contributed by atoms with Crippen molar-refractivity contribution in [3.05, 3.63) is 23.8 Å². The Morgan fingerprint density at radius 1 is 1.67 bits per heavy atom. The number of nitrogens with two attached hydrogens (primary N) is 1. The molecule has 0 amide bonds. The van der Waals surface area contributed by atoms with Crippen LogP contribution in [0.25, 0.3) is 0 Å². The van der Waals surface area contributed by atoms with Gasteiger partial charge in [-0.1, -0.05) is 6.07 Å². The van der Waals surface area contributed by atoms with E-state index in [0.29, 0.717) is 18.7 Å². The molecule has 0 saturated carbocycles. The summed E-state index contributed by atoms with van der Waals surface area (Å²) in [6.45, 7) is 0.522. The highest BCUT2D eigenvalue weighted by atomic mass is 16.5. The third kappa shape index (κ3) is 1.88. The number of anilines is 1. The lowest BCUT2D eigenvalue weighted by Crippen LogP contribution is -2.09. The van der Waals surface area contributed by atoms with E-state index in [1.807, 2.05) is 12.1 Å². The Morgan fingerprint density at radius 2 is 2.47 bits per heavy atom. The minimum Gasteiger partial charge on any atom is -0.493 e. The second kappa shape index (κ2) is 3.81. The van der Waals surface area contributed by atoms with Crippen molar-refractivity contribution in [3.8, 4) is 5.75 Å². The molecule has 4 nitrogen and oxygen atoms in total. The highest BCUT2D eigenvalue weighted by molar-refractivity contribution is 5.71. The summed E-state index contributed by atoms with van der Waals surface area (Å²) in [5.74, 6) is 0.658. The smallest absolute Gasteiger partial charge is 0.306 e. The number of carbonyl (C=O) groups excluding carboxylic acids is 1. The molecule has 0 fully saturated rings. The molecule has 15 heavy (non-hydrogen) atoms. The van der Waals surface area contributed by atoms with E-state index in [1.54, 1.807) is 6.07 Å². The quantitative estimate of drug-likeness (QED) is 0.586. The van der Waals surface area contributed by atoms with Crippen LogP contribution >= 0.6 is 0 Å². The molecule has 1 aliphatic heterocycles. The van der Waals surface area contributed by atoms with Crippen LogP contribution in [0.1, 0.15) is 17.9 Å². The first-order valence-electron chi connectivity index (χ1n) is 4.79. The number of hydrogen-bond donors (Lipinski definition) is 1. The van der Waals surface area contributed by atoms with Crippen molar-refractivity contribution in [2.75, 3.05) is 19.5 Å². The van der Waals surface area contributed by atoms with E-state index in [4.69, 9.17) is 10.5 Å². The maximum atomic E-state index is 11.1. The molecule has 2 N–H and O–H groups in total. The van der Waals surface area contributed by atoms with Crippen molar-refractivity contribution in [3.63, 3.8) is 0 Å². The van der Waals surface area contributed by atoms with Crippen molar-refractivity contribution in [2.24, 2.45) is 0 Å². The Balaban J connectivity index is 2.18. The van der Waals surface area contributed by atoms with Gasteiger partial charge in [-0.2, -0.15) is 0 Å². The lowest BCUT2D eigenvalue weighted by atomic mass is 9.98. The third-order valence-electron chi connectivity index (χ3n) is 2.56. The summed E-state index contributed by atoms with van der Waals surface area (Å²) in [5, 5.41) is 0. The number of benzene rings is 1. The maximum Gasteiger partial charge on any atom is 0.306 e. The van der Waals surface area contributed by atoms with Crippen LogP contribution in [0.15, 0.2) is 18.2 Å². The molecule has 80 valence electrons. The van der Waals surface area contributed by atoms with E-state index in [1.165, 1.54) is 7.11 Å². The maximum absolute atomic E-state index is 11.1. The van der Waals surface area contributed by atoms with Crippen LogP contribution in [0.2, 0.25) is 0 Å². The number of nitrogen functional groups attached to an aromatic ring is 1. The summed E-state index contributed by atoms with van der Waals surface area (Å²) >= 11 is 0. The summed E-state index contributed by atoms with van der Waals surface area (Å²) in [7, 11) is 1.39. The Kier molecular flexibility index (Phi) is 2.49. The predicted octanol–water partition coefficient (Wildman–Crippen LogP) is 1.31. The van der Waals surface area contributed by atoms with Gasteiger partial charge in [-0.3, -0.25) is 4.79 Å². The zero-order valence-electron chi connectivity index (χ0n) is 8.53. The second-order valence-electron chi connectivity index (χ2n) is 3.59. The number of methoxy groups -OCH3 is 1. The van der Waals surface area contributed by atoms with E-state index in [9.17, 15) is 4.79 Å². The van der Waals surface area contributed by atoms with Crippen LogP contribution in [0.5, 0.6) is 5.75 Å². The average molecular weight is 207 g/mol. The van der Waals surface area contributed by atoms with Gasteiger partial charge in [-0.15, -0.1) is 0 Å². The molecule has 1 aromatic rings. The first-order chi connectivity index (χ1) is 7.20. The van der Waals surface area contributed by atoms with Gasteiger partial charge in [0.2, 0.25) is 0 Å². The molecule has 1 aromatic carbocycles. The molecule has 0 bridgehead atoms. The highest BCUT2D eigenvalue weighted by Gasteiger charge is 2.26. The fraction of sp³-hybridized carbons (Fsp3) is 0.364. The minimum absolute atomic E-state index is 0.0908. The van der Waals surface area contributed by atoms with Crippen LogP contribution in [0.4, 0.5) is 5.69 Å². The Bertz CT molecular complexity index is 389. The van der Waals surface area contributed by atoms with Crippen LogP contribution in [0.3, 0.4) is 0 Å². The number of rotatable bonds is 2. The number of ether oxygens (including phenoxy) is 2. The van der Waals surface area contributed by atoms with Gasteiger partial charge in [0, 0.05) is 23.2 Å². The number of fused-ring (bicyclic) bond motifs is 1. The second-order valence-corrected chi connectivity index (χ2v) is 3.59. The normalized spacial score (nSPS) is 18.1. The highest BCUT2D eigenvalue weighted by Crippen LogP contribution is 2.37. The number of carbonyl (C=O) groups is 1. The summed E-state index contributed by atoms with van der Waals surface area (Å²) in [4.78, 5) is 11.1. The largest absolute Gasteiger partial charge is 0.493 e. The van der Waals surface area contributed by atoms with Crippen LogP contribution in [-0.2, 0) is 9.53 Å². The predicted molar refractivity (Wildman–Crippen MR) is 55.7 cm³/mol. The molecule has 0 radical (unpaired) electrons. The molecule has 0 saturated heterocycles. The van der Waals surface area contributed by atoms with Gasteiger partial charge in [0.25, 0.3) is 0 Å². The fourth-order valence-corrected chi connectivity index (χ4v) is 1.75. The van der Waals surface area contributed by atoms with Crippen molar-refractivity contribution in [1.82, 2.24) is 0 Å². The van der Waals surface area contributed by atoms with E-state index in [-0.39, 0.29) is 11.9 Å². The van der Waals surface area contributed by atoms with E-state index < -0.39 is 0 Å². The zero-order valence-corrected chi connectivity index (χ0v) is 8.53. The fourth-order valence-electron chi connectivity index (χ4n) is 1.75. The van der Waals surface area contributed by atoms with Crippen molar-refractivity contribution < 1.29 is 14.3 Å². The van der Waals surface area contributed by atoms with Crippen LogP contribution in [0, 0.1) is 0 Å². The third-order valence-corrected chi connectivity index (χ3v) is 2.56. The first kappa shape index (κ1) is 9.83.